The van der Waals surface area contributed by atoms with Gasteiger partial charge in [-0.3, -0.25) is 9.80 Å². The normalized spacial score (nSPS) is 21.9. The Balaban J connectivity index is 1.35. The van der Waals surface area contributed by atoms with E-state index in [1.807, 2.05) is 36.4 Å². The van der Waals surface area contributed by atoms with Crippen LogP contribution >= 0.6 is 0 Å². The smallest absolute Gasteiger partial charge is 0.139 e. The molecule has 2 aromatic carbocycles. The number of benzene rings is 2. The summed E-state index contributed by atoms with van der Waals surface area (Å²) >= 11 is 0. The SMILES string of the molecule is CN1CCN(C(Cc2ccccc2)[C@H](F)COC[C@@H](F)C(Cc2ccccc2)N2CCN(C)CC2)CC1. The maximum Gasteiger partial charge on any atom is 0.139 e. The van der Waals surface area contributed by atoms with Gasteiger partial charge in [0, 0.05) is 64.4 Å². The molecular weight excluding hydrogens is 470 g/mol. The summed E-state index contributed by atoms with van der Waals surface area (Å²) in [6.07, 6.45) is -1.09. The van der Waals surface area contributed by atoms with Crippen LogP contribution in [0.25, 0.3) is 0 Å². The quantitative estimate of drug-likeness (QED) is 0.432. The van der Waals surface area contributed by atoms with Crippen LogP contribution in [-0.2, 0) is 17.6 Å². The van der Waals surface area contributed by atoms with E-state index in [4.69, 9.17) is 4.74 Å². The molecule has 37 heavy (non-hydrogen) atoms. The first-order chi connectivity index (χ1) is 18.0. The molecule has 0 saturated carbocycles. The highest BCUT2D eigenvalue weighted by molar-refractivity contribution is 5.17. The van der Waals surface area contributed by atoms with Gasteiger partial charge in [-0.15, -0.1) is 0 Å². The molecule has 0 aliphatic carbocycles. The summed E-state index contributed by atoms with van der Waals surface area (Å²) < 4.78 is 37.2. The predicted molar refractivity (Wildman–Crippen MR) is 147 cm³/mol. The van der Waals surface area contributed by atoms with E-state index in [2.05, 4.69) is 58.0 Å². The minimum atomic E-state index is -1.17. The second-order valence-corrected chi connectivity index (χ2v) is 10.8. The largest absolute Gasteiger partial charge is 0.375 e. The van der Waals surface area contributed by atoms with Gasteiger partial charge in [0.1, 0.15) is 12.3 Å². The minimum absolute atomic E-state index is 0.0783. The number of halogens is 2. The summed E-state index contributed by atoms with van der Waals surface area (Å²) in [5, 5.41) is 0. The van der Waals surface area contributed by atoms with Gasteiger partial charge in [-0.1, -0.05) is 60.7 Å². The van der Waals surface area contributed by atoms with Gasteiger partial charge in [0.25, 0.3) is 0 Å². The van der Waals surface area contributed by atoms with E-state index in [0.29, 0.717) is 12.8 Å². The van der Waals surface area contributed by atoms with Crippen molar-refractivity contribution in [2.24, 2.45) is 0 Å². The lowest BCUT2D eigenvalue weighted by molar-refractivity contribution is -0.0221. The molecular formula is C30H44F2N4O. The summed E-state index contributed by atoms with van der Waals surface area (Å²) in [5.41, 5.74) is 2.24. The molecule has 0 aromatic heterocycles. The number of rotatable bonds is 12. The van der Waals surface area contributed by atoms with Crippen LogP contribution in [0.2, 0.25) is 0 Å². The maximum atomic E-state index is 15.7. The van der Waals surface area contributed by atoms with Gasteiger partial charge in [-0.2, -0.15) is 0 Å². The zero-order valence-electron chi connectivity index (χ0n) is 22.5. The number of alkyl halides is 2. The van der Waals surface area contributed by atoms with Gasteiger partial charge in [-0.25, -0.2) is 8.78 Å². The Kier molecular flexibility index (Phi) is 10.9. The molecule has 4 rings (SSSR count). The summed E-state index contributed by atoms with van der Waals surface area (Å²) in [5.74, 6) is 0. The molecule has 0 amide bonds. The third kappa shape index (κ3) is 8.55. The summed E-state index contributed by atoms with van der Waals surface area (Å²) in [6.45, 7) is 6.90. The number of ether oxygens (including phenoxy) is 1. The lowest BCUT2D eigenvalue weighted by Gasteiger charge is -2.40. The lowest BCUT2D eigenvalue weighted by Crippen LogP contribution is -2.54. The molecule has 0 spiro atoms. The molecule has 7 heteroatoms. The van der Waals surface area contributed by atoms with Crippen molar-refractivity contribution < 1.29 is 13.5 Å². The number of hydrogen-bond acceptors (Lipinski definition) is 5. The molecule has 5 nitrogen and oxygen atoms in total. The summed E-state index contributed by atoms with van der Waals surface area (Å²) in [7, 11) is 4.21. The highest BCUT2D eigenvalue weighted by atomic mass is 19.1. The van der Waals surface area contributed by atoms with E-state index in [9.17, 15) is 0 Å². The van der Waals surface area contributed by atoms with Gasteiger partial charge in [-0.05, 0) is 38.1 Å². The first-order valence-corrected chi connectivity index (χ1v) is 13.8. The van der Waals surface area contributed by atoms with Crippen LogP contribution in [-0.4, -0.2) is 124 Å². The molecule has 0 bridgehead atoms. The minimum Gasteiger partial charge on any atom is -0.375 e. The fourth-order valence-electron chi connectivity index (χ4n) is 5.51. The average Bonchev–Trinajstić information content (AvgIpc) is 2.92. The Morgan fingerprint density at radius 3 is 1.30 bits per heavy atom. The molecule has 2 aromatic rings. The van der Waals surface area contributed by atoms with Gasteiger partial charge < -0.3 is 14.5 Å². The van der Waals surface area contributed by atoms with E-state index in [1.54, 1.807) is 0 Å². The highest BCUT2D eigenvalue weighted by Gasteiger charge is 2.32. The van der Waals surface area contributed by atoms with Gasteiger partial charge >= 0.3 is 0 Å². The number of piperazine rings is 2. The Morgan fingerprint density at radius 1 is 0.595 bits per heavy atom. The molecule has 4 atom stereocenters. The molecule has 2 fully saturated rings. The van der Waals surface area contributed by atoms with Crippen molar-refractivity contribution in [3.05, 3.63) is 71.8 Å². The molecule has 2 heterocycles. The number of likely N-dealkylation sites (N-methyl/N-ethyl adjacent to an activating group) is 2. The molecule has 2 aliphatic heterocycles. The zero-order valence-corrected chi connectivity index (χ0v) is 22.5. The van der Waals surface area contributed by atoms with Gasteiger partial charge in [0.15, 0.2) is 0 Å². The van der Waals surface area contributed by atoms with Crippen LogP contribution in [0.4, 0.5) is 8.78 Å². The number of nitrogens with zero attached hydrogens (tertiary/aromatic N) is 4. The molecule has 0 radical (unpaired) electrons. The van der Waals surface area contributed by atoms with Crippen LogP contribution < -0.4 is 0 Å². The van der Waals surface area contributed by atoms with E-state index < -0.39 is 12.3 Å². The van der Waals surface area contributed by atoms with Gasteiger partial charge in [0.05, 0.1) is 13.2 Å². The molecule has 2 aliphatic rings. The Labute approximate surface area is 222 Å². The maximum absolute atomic E-state index is 15.7. The summed E-state index contributed by atoms with van der Waals surface area (Å²) in [4.78, 5) is 9.05. The monoisotopic (exact) mass is 514 g/mol. The second kappa shape index (κ2) is 14.3. The zero-order chi connectivity index (χ0) is 26.0. The molecule has 2 saturated heterocycles. The molecule has 2 unspecified atom stereocenters. The van der Waals surface area contributed by atoms with Crippen LogP contribution in [0.3, 0.4) is 0 Å². The van der Waals surface area contributed by atoms with Crippen molar-refractivity contribution in [1.82, 2.24) is 19.6 Å². The molecule has 204 valence electrons. The third-order valence-corrected chi connectivity index (χ3v) is 7.98. The standard InChI is InChI=1S/C30H44F2N4O/c1-33-13-17-35(18-14-33)29(21-25-9-5-3-6-10-25)27(31)23-37-24-28(32)30(22-26-11-7-4-8-12-26)36-19-15-34(2)16-20-36/h3-12,27-30H,13-24H2,1-2H3/t27-,28-,29?,30?/m1/s1. The highest BCUT2D eigenvalue weighted by Crippen LogP contribution is 2.20. The lowest BCUT2D eigenvalue weighted by atomic mass is 9.99. The Morgan fingerprint density at radius 2 is 0.946 bits per heavy atom. The van der Waals surface area contributed by atoms with Crippen molar-refractivity contribution in [1.29, 1.82) is 0 Å². The average molecular weight is 515 g/mol. The van der Waals surface area contributed by atoms with Crippen LogP contribution in [0.5, 0.6) is 0 Å². The van der Waals surface area contributed by atoms with Crippen molar-refractivity contribution in [2.75, 3.05) is 79.7 Å². The number of hydrogen-bond donors (Lipinski definition) is 0. The second-order valence-electron chi connectivity index (χ2n) is 10.8. The van der Waals surface area contributed by atoms with E-state index in [-0.39, 0.29) is 25.3 Å². The molecule has 0 N–H and O–H groups in total. The van der Waals surface area contributed by atoms with Crippen molar-refractivity contribution >= 4 is 0 Å². The fourth-order valence-corrected chi connectivity index (χ4v) is 5.51. The topological polar surface area (TPSA) is 22.2 Å². The van der Waals surface area contributed by atoms with Crippen molar-refractivity contribution in [2.45, 2.75) is 37.3 Å². The van der Waals surface area contributed by atoms with E-state index >= 15 is 8.78 Å². The first kappa shape index (κ1) is 28.1. The van der Waals surface area contributed by atoms with Crippen LogP contribution in [0, 0.1) is 0 Å². The fraction of sp³-hybridized carbons (Fsp3) is 0.600. The Bertz CT molecular complexity index is 815. The van der Waals surface area contributed by atoms with Crippen LogP contribution in [0.15, 0.2) is 60.7 Å². The van der Waals surface area contributed by atoms with E-state index in [0.717, 1.165) is 63.5 Å². The third-order valence-electron chi connectivity index (χ3n) is 7.98. The summed E-state index contributed by atoms with van der Waals surface area (Å²) in [6, 6.07) is 19.6. The van der Waals surface area contributed by atoms with Crippen molar-refractivity contribution in [3.63, 3.8) is 0 Å². The predicted octanol–water partition coefficient (Wildman–Crippen LogP) is 3.40. The Hall–Kier alpha value is -1.90. The van der Waals surface area contributed by atoms with E-state index in [1.165, 1.54) is 0 Å². The van der Waals surface area contributed by atoms with Crippen molar-refractivity contribution in [3.8, 4) is 0 Å². The van der Waals surface area contributed by atoms with Gasteiger partial charge in [0.2, 0.25) is 0 Å². The first-order valence-electron chi connectivity index (χ1n) is 13.8. The van der Waals surface area contributed by atoms with Crippen LogP contribution in [0.1, 0.15) is 11.1 Å².